The number of ether oxygens (including phenoxy) is 1. The standard InChI is InChI=1S/C16H14F2N2O3S/c17-11-5-6-14(13(18)9-11)20-16-4-2-1-3-15(16)19(24(20,21)22)8-7-12-10-23-12/h1-6,9,12H,7-8,10H2/t12-/m1/s1. The van der Waals surface area contributed by atoms with Gasteiger partial charge in [-0.3, -0.25) is 4.31 Å². The maximum absolute atomic E-state index is 14.2. The van der Waals surface area contributed by atoms with Crippen LogP contribution in [0.25, 0.3) is 0 Å². The van der Waals surface area contributed by atoms with Gasteiger partial charge in [-0.2, -0.15) is 8.42 Å². The van der Waals surface area contributed by atoms with Gasteiger partial charge < -0.3 is 4.74 Å². The van der Waals surface area contributed by atoms with Crippen molar-refractivity contribution in [2.24, 2.45) is 0 Å². The predicted molar refractivity (Wildman–Crippen MR) is 85.6 cm³/mol. The highest BCUT2D eigenvalue weighted by Crippen LogP contribution is 2.46. The van der Waals surface area contributed by atoms with Crippen LogP contribution in [0.1, 0.15) is 6.42 Å². The summed E-state index contributed by atoms with van der Waals surface area (Å²) < 4.78 is 60.6. The Morgan fingerprint density at radius 1 is 1.08 bits per heavy atom. The van der Waals surface area contributed by atoms with E-state index in [-0.39, 0.29) is 18.3 Å². The Kier molecular flexibility index (Phi) is 3.47. The van der Waals surface area contributed by atoms with Crippen molar-refractivity contribution in [1.29, 1.82) is 0 Å². The Morgan fingerprint density at radius 2 is 1.79 bits per heavy atom. The number of fused-ring (bicyclic) bond motifs is 1. The first-order valence-corrected chi connectivity index (χ1v) is 8.87. The zero-order valence-electron chi connectivity index (χ0n) is 12.5. The first-order valence-electron chi connectivity index (χ1n) is 7.47. The fourth-order valence-corrected chi connectivity index (χ4v) is 4.56. The number of halogens is 2. The monoisotopic (exact) mass is 352 g/mol. The molecule has 0 radical (unpaired) electrons. The maximum Gasteiger partial charge on any atom is 0.331 e. The Morgan fingerprint density at radius 3 is 2.46 bits per heavy atom. The Hall–Kier alpha value is -2.19. The van der Waals surface area contributed by atoms with E-state index in [9.17, 15) is 17.2 Å². The molecule has 0 saturated carbocycles. The smallest absolute Gasteiger partial charge is 0.331 e. The number of hydrogen-bond donors (Lipinski definition) is 0. The van der Waals surface area contributed by atoms with Crippen LogP contribution >= 0.6 is 0 Å². The van der Waals surface area contributed by atoms with Crippen molar-refractivity contribution in [3.63, 3.8) is 0 Å². The highest BCUT2D eigenvalue weighted by molar-refractivity contribution is 7.95. The van der Waals surface area contributed by atoms with E-state index in [4.69, 9.17) is 4.74 Å². The predicted octanol–water partition coefficient (Wildman–Crippen LogP) is 2.96. The third kappa shape index (κ3) is 2.42. The molecule has 0 N–H and O–H groups in total. The third-order valence-corrected chi connectivity index (χ3v) is 5.85. The van der Waals surface area contributed by atoms with Gasteiger partial charge in [0.1, 0.15) is 5.82 Å². The summed E-state index contributed by atoms with van der Waals surface area (Å²) in [5, 5.41) is 0. The number of para-hydroxylation sites is 2. The van der Waals surface area contributed by atoms with E-state index in [2.05, 4.69) is 0 Å². The molecule has 0 unspecified atom stereocenters. The average Bonchev–Trinajstić information content (AvgIpc) is 3.32. The second kappa shape index (κ2) is 5.42. The van der Waals surface area contributed by atoms with Gasteiger partial charge in [0.2, 0.25) is 0 Å². The summed E-state index contributed by atoms with van der Waals surface area (Å²) in [6.45, 7) is 0.870. The van der Waals surface area contributed by atoms with Crippen molar-refractivity contribution in [3.8, 4) is 0 Å². The first-order chi connectivity index (χ1) is 11.5. The molecule has 2 aliphatic heterocycles. The minimum Gasteiger partial charge on any atom is -0.373 e. The van der Waals surface area contributed by atoms with Gasteiger partial charge >= 0.3 is 10.2 Å². The first kappa shape index (κ1) is 15.3. The number of epoxide rings is 1. The molecular formula is C16H14F2N2O3S. The minimum absolute atomic E-state index is 0.0731. The van der Waals surface area contributed by atoms with Gasteiger partial charge in [-0.15, -0.1) is 0 Å². The Labute approximate surface area is 138 Å². The zero-order valence-corrected chi connectivity index (χ0v) is 13.3. The number of hydrogen-bond acceptors (Lipinski definition) is 3. The molecule has 0 amide bonds. The summed E-state index contributed by atoms with van der Waals surface area (Å²) in [6.07, 6.45) is 0.636. The van der Waals surface area contributed by atoms with Crippen LogP contribution in [0.4, 0.5) is 25.8 Å². The van der Waals surface area contributed by atoms with Gasteiger partial charge in [-0.25, -0.2) is 13.1 Å². The van der Waals surface area contributed by atoms with Crippen molar-refractivity contribution in [3.05, 3.63) is 54.1 Å². The highest BCUT2D eigenvalue weighted by Gasteiger charge is 2.42. The molecule has 126 valence electrons. The fourth-order valence-electron chi connectivity index (χ4n) is 2.83. The minimum atomic E-state index is -3.99. The van der Waals surface area contributed by atoms with Gasteiger partial charge in [-0.1, -0.05) is 12.1 Å². The topological polar surface area (TPSA) is 53.2 Å². The van der Waals surface area contributed by atoms with Crippen molar-refractivity contribution in [1.82, 2.24) is 0 Å². The molecule has 2 aliphatic rings. The molecule has 0 bridgehead atoms. The SMILES string of the molecule is O=S1(=O)N(CC[C@@H]2CO2)c2ccccc2N1c1ccc(F)cc1F. The molecular weight excluding hydrogens is 338 g/mol. The number of anilines is 3. The Bertz CT molecular complexity index is 900. The quantitative estimate of drug-likeness (QED) is 0.795. The van der Waals surface area contributed by atoms with Gasteiger partial charge in [0.25, 0.3) is 0 Å². The molecule has 0 spiro atoms. The summed E-state index contributed by atoms with van der Waals surface area (Å²) in [7, 11) is -3.99. The largest absolute Gasteiger partial charge is 0.373 e. The summed E-state index contributed by atoms with van der Waals surface area (Å²) in [4.78, 5) is 0. The molecule has 2 aromatic carbocycles. The van der Waals surface area contributed by atoms with Gasteiger partial charge in [0.15, 0.2) is 5.82 Å². The average molecular weight is 352 g/mol. The summed E-state index contributed by atoms with van der Waals surface area (Å²) in [5.41, 5.74) is 0.621. The molecule has 0 aromatic heterocycles. The molecule has 4 rings (SSSR count). The molecule has 24 heavy (non-hydrogen) atoms. The van der Waals surface area contributed by atoms with Gasteiger partial charge in [0, 0.05) is 12.6 Å². The lowest BCUT2D eigenvalue weighted by Crippen LogP contribution is -2.36. The van der Waals surface area contributed by atoms with E-state index in [1.807, 2.05) is 0 Å². The van der Waals surface area contributed by atoms with Crippen molar-refractivity contribution < 1.29 is 21.9 Å². The lowest BCUT2D eigenvalue weighted by atomic mass is 10.2. The fraction of sp³-hybridized carbons (Fsp3) is 0.250. The van der Waals surface area contributed by atoms with E-state index in [0.29, 0.717) is 30.5 Å². The van der Waals surface area contributed by atoms with Crippen LogP contribution in [0.5, 0.6) is 0 Å². The number of benzene rings is 2. The van der Waals surface area contributed by atoms with Crippen molar-refractivity contribution in [2.45, 2.75) is 12.5 Å². The van der Waals surface area contributed by atoms with Crippen LogP contribution in [0.2, 0.25) is 0 Å². The van der Waals surface area contributed by atoms with E-state index < -0.39 is 21.8 Å². The number of nitrogens with zero attached hydrogens (tertiary/aromatic N) is 2. The molecule has 0 aliphatic carbocycles. The maximum atomic E-state index is 14.2. The van der Waals surface area contributed by atoms with E-state index in [1.165, 1.54) is 4.31 Å². The second-order valence-electron chi connectivity index (χ2n) is 5.67. The Balaban J connectivity index is 1.81. The van der Waals surface area contributed by atoms with Gasteiger partial charge in [0.05, 0.1) is 29.8 Å². The third-order valence-electron chi connectivity index (χ3n) is 4.06. The molecule has 1 fully saturated rings. The van der Waals surface area contributed by atoms with Crippen LogP contribution in [-0.4, -0.2) is 27.7 Å². The van der Waals surface area contributed by atoms with Crippen molar-refractivity contribution in [2.75, 3.05) is 21.8 Å². The molecule has 1 atom stereocenters. The van der Waals surface area contributed by atoms with E-state index >= 15 is 0 Å². The van der Waals surface area contributed by atoms with E-state index in [0.717, 1.165) is 16.4 Å². The molecule has 5 nitrogen and oxygen atoms in total. The molecule has 1 saturated heterocycles. The van der Waals surface area contributed by atoms with Crippen LogP contribution in [-0.2, 0) is 14.9 Å². The van der Waals surface area contributed by atoms with E-state index in [1.54, 1.807) is 24.3 Å². The molecule has 2 aromatic rings. The van der Waals surface area contributed by atoms with Crippen LogP contribution in [0.15, 0.2) is 42.5 Å². The molecule has 8 heteroatoms. The second-order valence-corrected chi connectivity index (χ2v) is 7.37. The van der Waals surface area contributed by atoms with Gasteiger partial charge in [-0.05, 0) is 30.7 Å². The van der Waals surface area contributed by atoms with Crippen LogP contribution in [0, 0.1) is 11.6 Å². The lowest BCUT2D eigenvalue weighted by molar-refractivity contribution is 0.399. The normalized spacial score (nSPS) is 21.0. The summed E-state index contributed by atoms with van der Waals surface area (Å²) >= 11 is 0. The lowest BCUT2D eigenvalue weighted by Gasteiger charge is -2.22. The summed E-state index contributed by atoms with van der Waals surface area (Å²) in [6, 6.07) is 9.51. The highest BCUT2D eigenvalue weighted by atomic mass is 32.2. The summed E-state index contributed by atoms with van der Waals surface area (Å²) in [5.74, 6) is -1.69. The van der Waals surface area contributed by atoms with Crippen LogP contribution < -0.4 is 8.61 Å². The number of rotatable bonds is 4. The molecule has 2 heterocycles. The van der Waals surface area contributed by atoms with Crippen molar-refractivity contribution >= 4 is 27.3 Å². The van der Waals surface area contributed by atoms with Crippen LogP contribution in [0.3, 0.4) is 0 Å². The zero-order chi connectivity index (χ0) is 16.9.